The molecule has 0 heterocycles. The Morgan fingerprint density at radius 3 is 2.53 bits per heavy atom. The molecule has 0 saturated heterocycles. The lowest BCUT2D eigenvalue weighted by Gasteiger charge is -2.32. The molecule has 0 N–H and O–H groups in total. The van der Waals surface area contributed by atoms with Gasteiger partial charge in [0.05, 0.1) is 12.1 Å². The first kappa shape index (κ1) is 15.0. The summed E-state index contributed by atoms with van der Waals surface area (Å²) >= 11 is 0. The molecule has 0 radical (unpaired) electrons. The van der Waals surface area contributed by atoms with E-state index in [4.69, 9.17) is 0 Å². The van der Waals surface area contributed by atoms with Crippen LogP contribution in [-0.2, 0) is 0 Å². The van der Waals surface area contributed by atoms with Gasteiger partial charge in [0.15, 0.2) is 0 Å². The summed E-state index contributed by atoms with van der Waals surface area (Å²) < 4.78 is 0. The predicted molar refractivity (Wildman–Crippen MR) is 77.9 cm³/mol. The summed E-state index contributed by atoms with van der Waals surface area (Å²) in [5, 5.41) is 18.6. The van der Waals surface area contributed by atoms with Gasteiger partial charge in [-0.1, -0.05) is 37.0 Å². The Bertz CT molecular complexity index is 470. The van der Waals surface area contributed by atoms with Crippen molar-refractivity contribution in [3.8, 4) is 12.1 Å². The smallest absolute Gasteiger partial charge is 0.142 e. The molecule has 0 aromatic rings. The Morgan fingerprint density at radius 1 is 1.32 bits per heavy atom. The predicted octanol–water partition coefficient (Wildman–Crippen LogP) is 4.45. The number of hydrogen-bond donors (Lipinski definition) is 0. The number of nitrogens with zero attached hydrogens (tertiary/aromatic N) is 2. The van der Waals surface area contributed by atoms with Gasteiger partial charge in [-0.3, -0.25) is 0 Å². The van der Waals surface area contributed by atoms with E-state index < -0.39 is 5.92 Å². The van der Waals surface area contributed by atoms with Gasteiger partial charge >= 0.3 is 0 Å². The molecule has 19 heavy (non-hydrogen) atoms. The minimum absolute atomic E-state index is 0.377. The molecule has 0 spiro atoms. The number of nitriles is 2. The molecule has 1 rings (SSSR count). The highest BCUT2D eigenvalue weighted by Gasteiger charge is 2.46. The normalized spacial score (nSPS) is 24.2. The second-order valence-electron chi connectivity index (χ2n) is 4.95. The fourth-order valence-corrected chi connectivity index (χ4v) is 2.94. The molecule has 1 fully saturated rings. The highest BCUT2D eigenvalue weighted by Crippen LogP contribution is 2.53. The molecule has 0 aliphatic heterocycles. The van der Waals surface area contributed by atoms with E-state index in [2.05, 4.69) is 31.9 Å². The quantitative estimate of drug-likeness (QED) is 0.517. The first-order valence-electron chi connectivity index (χ1n) is 6.57. The molecule has 0 amide bonds. The van der Waals surface area contributed by atoms with E-state index in [1.54, 1.807) is 6.08 Å². The second-order valence-corrected chi connectivity index (χ2v) is 4.95. The lowest BCUT2D eigenvalue weighted by Crippen LogP contribution is -2.28. The third kappa shape index (κ3) is 2.85. The lowest BCUT2D eigenvalue weighted by molar-refractivity contribution is 0.284. The van der Waals surface area contributed by atoms with E-state index in [-0.39, 0.29) is 5.41 Å². The van der Waals surface area contributed by atoms with Crippen LogP contribution in [0.4, 0.5) is 0 Å². The fourth-order valence-electron chi connectivity index (χ4n) is 2.94. The van der Waals surface area contributed by atoms with Crippen LogP contribution in [0, 0.1) is 34.0 Å². The van der Waals surface area contributed by atoms with Crippen molar-refractivity contribution in [2.45, 2.75) is 32.1 Å². The Morgan fingerprint density at radius 2 is 2.00 bits per heavy atom. The SMILES string of the molecule is C=C/C=C1\C(=C)CCC1(CCCC=C)C(C#N)C#N. The molecular weight excluding hydrogens is 232 g/mol. The summed E-state index contributed by atoms with van der Waals surface area (Å²) in [4.78, 5) is 0. The van der Waals surface area contributed by atoms with Crippen LogP contribution in [0.1, 0.15) is 32.1 Å². The molecule has 1 aliphatic carbocycles. The van der Waals surface area contributed by atoms with Gasteiger partial charge in [0.25, 0.3) is 0 Å². The first-order valence-corrected chi connectivity index (χ1v) is 6.57. The van der Waals surface area contributed by atoms with Crippen molar-refractivity contribution >= 4 is 0 Å². The van der Waals surface area contributed by atoms with Crippen LogP contribution in [0.2, 0.25) is 0 Å². The van der Waals surface area contributed by atoms with Crippen molar-refractivity contribution < 1.29 is 0 Å². The Hall–Kier alpha value is -2.06. The summed E-state index contributed by atoms with van der Waals surface area (Å²) in [5.41, 5.74) is 1.70. The standard InChI is InChI=1S/C17H20N2/c1-4-6-7-10-17(15(12-18)13-19)11-9-14(3)16(17)8-5-2/h4-5,8,15H,1-3,6-7,9-11H2/b16-8+. The zero-order valence-electron chi connectivity index (χ0n) is 11.4. The van der Waals surface area contributed by atoms with Crippen molar-refractivity contribution in [3.05, 3.63) is 49.1 Å². The summed E-state index contributed by atoms with van der Waals surface area (Å²) in [6.45, 7) is 11.5. The maximum Gasteiger partial charge on any atom is 0.142 e. The average Bonchev–Trinajstić information content (AvgIpc) is 2.71. The van der Waals surface area contributed by atoms with Gasteiger partial charge in [-0.05, 0) is 37.7 Å². The van der Waals surface area contributed by atoms with Crippen molar-refractivity contribution in [1.82, 2.24) is 0 Å². The van der Waals surface area contributed by atoms with Gasteiger partial charge in [-0.2, -0.15) is 10.5 Å². The molecule has 1 saturated carbocycles. The van der Waals surface area contributed by atoms with Crippen LogP contribution in [0.3, 0.4) is 0 Å². The molecule has 98 valence electrons. The van der Waals surface area contributed by atoms with Crippen LogP contribution < -0.4 is 0 Å². The fraction of sp³-hybridized carbons (Fsp3) is 0.412. The summed E-state index contributed by atoms with van der Waals surface area (Å²) in [5.74, 6) is -0.622. The van der Waals surface area contributed by atoms with E-state index in [1.807, 2.05) is 12.2 Å². The molecule has 2 nitrogen and oxygen atoms in total. The minimum atomic E-state index is -0.622. The van der Waals surface area contributed by atoms with Crippen LogP contribution >= 0.6 is 0 Å². The van der Waals surface area contributed by atoms with Crippen molar-refractivity contribution in [2.75, 3.05) is 0 Å². The van der Waals surface area contributed by atoms with Gasteiger partial charge in [-0.15, -0.1) is 6.58 Å². The molecule has 1 atom stereocenters. The van der Waals surface area contributed by atoms with E-state index >= 15 is 0 Å². The highest BCUT2D eigenvalue weighted by atomic mass is 14.5. The van der Waals surface area contributed by atoms with Gasteiger partial charge in [0, 0.05) is 5.41 Å². The number of unbranched alkanes of at least 4 members (excludes halogenated alkanes) is 1. The number of hydrogen-bond acceptors (Lipinski definition) is 2. The van der Waals surface area contributed by atoms with E-state index in [9.17, 15) is 10.5 Å². The Kier molecular flexibility index (Phi) is 5.34. The molecule has 0 bridgehead atoms. The van der Waals surface area contributed by atoms with E-state index in [0.29, 0.717) is 0 Å². The topological polar surface area (TPSA) is 47.6 Å². The van der Waals surface area contributed by atoms with Crippen molar-refractivity contribution in [2.24, 2.45) is 11.3 Å². The summed E-state index contributed by atoms with van der Waals surface area (Å²) in [6.07, 6.45) is 9.86. The number of allylic oxidation sites excluding steroid dienone is 5. The zero-order chi connectivity index (χ0) is 14.3. The van der Waals surface area contributed by atoms with Crippen LogP contribution in [0.15, 0.2) is 49.1 Å². The lowest BCUT2D eigenvalue weighted by atomic mass is 9.68. The molecular formula is C17H20N2. The summed E-state index contributed by atoms with van der Waals surface area (Å²) in [7, 11) is 0. The van der Waals surface area contributed by atoms with E-state index in [0.717, 1.165) is 43.3 Å². The van der Waals surface area contributed by atoms with Crippen molar-refractivity contribution in [3.63, 3.8) is 0 Å². The van der Waals surface area contributed by atoms with Gasteiger partial charge < -0.3 is 0 Å². The summed E-state index contributed by atoms with van der Waals surface area (Å²) in [6, 6.07) is 4.33. The Labute approximate surface area is 116 Å². The van der Waals surface area contributed by atoms with Crippen LogP contribution in [0.5, 0.6) is 0 Å². The maximum absolute atomic E-state index is 9.31. The molecule has 0 aromatic heterocycles. The first-order chi connectivity index (χ1) is 9.16. The zero-order valence-corrected chi connectivity index (χ0v) is 11.4. The number of rotatable bonds is 6. The molecule has 1 unspecified atom stereocenters. The highest BCUT2D eigenvalue weighted by molar-refractivity contribution is 5.44. The van der Waals surface area contributed by atoms with Crippen LogP contribution in [0.25, 0.3) is 0 Å². The van der Waals surface area contributed by atoms with Gasteiger partial charge in [-0.25, -0.2) is 0 Å². The third-order valence-corrected chi connectivity index (χ3v) is 3.92. The largest absolute Gasteiger partial charge is 0.197 e. The van der Waals surface area contributed by atoms with Crippen LogP contribution in [-0.4, -0.2) is 0 Å². The molecule has 0 aromatic carbocycles. The van der Waals surface area contributed by atoms with Gasteiger partial charge in [0.1, 0.15) is 5.92 Å². The molecule has 2 heteroatoms. The average molecular weight is 252 g/mol. The minimum Gasteiger partial charge on any atom is -0.197 e. The second kappa shape index (κ2) is 6.76. The maximum atomic E-state index is 9.31. The Balaban J connectivity index is 3.19. The monoisotopic (exact) mass is 252 g/mol. The van der Waals surface area contributed by atoms with Gasteiger partial charge in [0.2, 0.25) is 0 Å². The van der Waals surface area contributed by atoms with Crippen molar-refractivity contribution in [1.29, 1.82) is 10.5 Å². The molecule has 1 aliphatic rings. The third-order valence-electron chi connectivity index (χ3n) is 3.92. The van der Waals surface area contributed by atoms with E-state index in [1.165, 1.54) is 0 Å².